The Bertz CT molecular complexity index is 1670. The van der Waals surface area contributed by atoms with Crippen molar-refractivity contribution in [2.75, 3.05) is 7.11 Å². The van der Waals surface area contributed by atoms with Crippen molar-refractivity contribution in [1.82, 2.24) is 19.2 Å². The Morgan fingerprint density at radius 3 is 2.69 bits per heavy atom. The zero-order valence-electron chi connectivity index (χ0n) is 19.6. The number of rotatable bonds is 5. The molecule has 0 radical (unpaired) electrons. The molecular formula is C26H22Cl2N4O2S2. The van der Waals surface area contributed by atoms with Gasteiger partial charge in [-0.1, -0.05) is 48.0 Å². The largest absolute Gasteiger partial charge is 0.497 e. The van der Waals surface area contributed by atoms with Crippen LogP contribution in [0.1, 0.15) is 29.3 Å². The first-order valence-electron chi connectivity index (χ1n) is 11.6. The van der Waals surface area contributed by atoms with E-state index in [1.54, 1.807) is 40.8 Å². The molecule has 0 amide bonds. The van der Waals surface area contributed by atoms with Gasteiger partial charge in [-0.3, -0.25) is 4.79 Å². The van der Waals surface area contributed by atoms with E-state index < -0.39 is 0 Å². The maximum atomic E-state index is 14.0. The molecular weight excluding hydrogens is 535 g/mol. The smallest absolute Gasteiger partial charge is 0.268 e. The zero-order chi connectivity index (χ0) is 25.0. The second-order valence-electron chi connectivity index (χ2n) is 9.03. The van der Waals surface area contributed by atoms with Crippen molar-refractivity contribution in [2.45, 2.75) is 37.1 Å². The topological polar surface area (TPSA) is 61.4 Å². The first-order valence-corrected chi connectivity index (χ1v) is 14.2. The molecule has 1 aliphatic carbocycles. The lowest BCUT2D eigenvalue weighted by molar-refractivity contribution is 0.414. The van der Waals surface area contributed by atoms with Crippen molar-refractivity contribution < 1.29 is 4.74 Å². The van der Waals surface area contributed by atoms with Crippen LogP contribution in [0, 0.1) is 5.92 Å². The average molecular weight is 558 g/mol. The van der Waals surface area contributed by atoms with Crippen molar-refractivity contribution >= 4 is 62.3 Å². The molecule has 0 fully saturated rings. The Morgan fingerprint density at radius 2 is 1.94 bits per heavy atom. The summed E-state index contributed by atoms with van der Waals surface area (Å²) in [5.74, 6) is 2.48. The number of aromatic nitrogens is 4. The molecule has 1 atom stereocenters. The molecule has 0 spiro atoms. The minimum atomic E-state index is -0.0526. The molecule has 0 aliphatic heterocycles. The number of thioether (sulfide) groups is 1. The summed E-state index contributed by atoms with van der Waals surface area (Å²) in [5, 5.41) is 11.6. The molecule has 6 rings (SSSR count). The number of aryl methyl sites for hydroxylation is 1. The fraction of sp³-hybridized carbons (Fsp3) is 0.269. The summed E-state index contributed by atoms with van der Waals surface area (Å²) in [5.41, 5.74) is 2.88. The van der Waals surface area contributed by atoms with E-state index in [2.05, 4.69) is 17.1 Å². The average Bonchev–Trinajstić information content (AvgIpc) is 3.46. The van der Waals surface area contributed by atoms with Crippen molar-refractivity contribution in [3.63, 3.8) is 0 Å². The summed E-state index contributed by atoms with van der Waals surface area (Å²) in [7, 11) is 1.62. The van der Waals surface area contributed by atoms with Crippen molar-refractivity contribution in [3.8, 4) is 11.4 Å². The third kappa shape index (κ3) is 4.00. The summed E-state index contributed by atoms with van der Waals surface area (Å²) in [4.78, 5) is 16.2. The number of nitrogens with zero attached hydrogens (tertiary/aromatic N) is 4. The highest BCUT2D eigenvalue weighted by Gasteiger charge is 2.27. The van der Waals surface area contributed by atoms with Gasteiger partial charge in [-0.2, -0.15) is 0 Å². The molecule has 3 heterocycles. The first-order chi connectivity index (χ1) is 17.4. The first kappa shape index (κ1) is 23.9. The van der Waals surface area contributed by atoms with Gasteiger partial charge >= 0.3 is 0 Å². The Kier molecular flexibility index (Phi) is 6.24. The third-order valence-corrected chi connectivity index (χ3v) is 9.59. The fourth-order valence-corrected chi connectivity index (χ4v) is 7.49. The molecule has 0 N–H and O–H groups in total. The molecule has 2 aromatic carbocycles. The number of ether oxygens (including phenoxy) is 1. The van der Waals surface area contributed by atoms with E-state index in [4.69, 9.17) is 27.9 Å². The van der Waals surface area contributed by atoms with Crippen molar-refractivity contribution in [3.05, 3.63) is 78.9 Å². The van der Waals surface area contributed by atoms with Crippen molar-refractivity contribution in [1.29, 1.82) is 0 Å². The normalized spacial score (nSPS) is 15.5. The van der Waals surface area contributed by atoms with Crippen LogP contribution in [0.4, 0.5) is 0 Å². The summed E-state index contributed by atoms with van der Waals surface area (Å²) in [6, 6.07) is 13.1. The van der Waals surface area contributed by atoms with Gasteiger partial charge in [0.1, 0.15) is 10.6 Å². The summed E-state index contributed by atoms with van der Waals surface area (Å²) in [6.07, 6.45) is 2.99. The highest BCUT2D eigenvalue weighted by atomic mass is 35.5. The van der Waals surface area contributed by atoms with Crippen LogP contribution in [0.15, 0.2) is 52.4 Å². The van der Waals surface area contributed by atoms with Gasteiger partial charge < -0.3 is 4.74 Å². The zero-order valence-corrected chi connectivity index (χ0v) is 22.8. The van der Waals surface area contributed by atoms with Crippen molar-refractivity contribution in [2.24, 2.45) is 5.92 Å². The van der Waals surface area contributed by atoms with E-state index in [-0.39, 0.29) is 5.56 Å². The lowest BCUT2D eigenvalue weighted by Crippen LogP contribution is -2.22. The Balaban J connectivity index is 1.55. The van der Waals surface area contributed by atoms with Crippen LogP contribution in [0.25, 0.3) is 21.7 Å². The molecule has 0 saturated heterocycles. The molecule has 10 heteroatoms. The lowest BCUT2D eigenvalue weighted by atomic mass is 9.89. The number of methoxy groups -OCH3 is 1. The molecule has 3 aromatic heterocycles. The minimum Gasteiger partial charge on any atom is -0.497 e. The summed E-state index contributed by atoms with van der Waals surface area (Å²) < 4.78 is 9.03. The van der Waals surface area contributed by atoms with E-state index in [1.165, 1.54) is 10.4 Å². The lowest BCUT2D eigenvalue weighted by Gasteiger charge is -2.17. The standard InChI is InChI=1S/C26H22Cl2N4O2S2/c1-14-3-9-18-21(11-14)36-24-22(18)23(33)31(16-5-7-17(34-2)8-6-16)25-29-30-26(32(24)25)35-13-15-4-10-19(27)20(28)12-15/h4-8,10,12,14H,3,9,11,13H2,1-2H3/t14-/m0/s1. The molecule has 36 heavy (non-hydrogen) atoms. The van der Waals surface area contributed by atoms with Gasteiger partial charge in [0.15, 0.2) is 5.16 Å². The van der Waals surface area contributed by atoms with E-state index in [0.717, 1.165) is 51.6 Å². The molecule has 184 valence electrons. The maximum absolute atomic E-state index is 14.0. The predicted molar refractivity (Wildman–Crippen MR) is 148 cm³/mol. The maximum Gasteiger partial charge on any atom is 0.268 e. The SMILES string of the molecule is COc1ccc(-n2c(=O)c3c4c(sc3n3c(SCc5ccc(Cl)c(Cl)c5)nnc23)C[C@@H](C)CC4)cc1. The van der Waals surface area contributed by atoms with Crippen LogP contribution in [-0.4, -0.2) is 26.3 Å². The van der Waals surface area contributed by atoms with E-state index in [9.17, 15) is 4.79 Å². The van der Waals surface area contributed by atoms with Gasteiger partial charge in [-0.15, -0.1) is 21.5 Å². The van der Waals surface area contributed by atoms with E-state index in [1.807, 2.05) is 40.8 Å². The summed E-state index contributed by atoms with van der Waals surface area (Å²) >= 11 is 15.6. The van der Waals surface area contributed by atoms with Crippen LogP contribution >= 0.6 is 46.3 Å². The Hall–Kier alpha value is -2.52. The highest BCUT2D eigenvalue weighted by molar-refractivity contribution is 7.98. The molecule has 0 saturated carbocycles. The minimum absolute atomic E-state index is 0.0526. The van der Waals surface area contributed by atoms with Gasteiger partial charge in [0, 0.05) is 10.6 Å². The van der Waals surface area contributed by atoms with E-state index in [0.29, 0.717) is 27.5 Å². The Morgan fingerprint density at radius 1 is 1.14 bits per heavy atom. The number of hydrogen-bond donors (Lipinski definition) is 0. The number of benzene rings is 2. The molecule has 0 bridgehead atoms. The predicted octanol–water partition coefficient (Wildman–Crippen LogP) is 6.83. The van der Waals surface area contributed by atoms with Gasteiger partial charge in [0.25, 0.3) is 5.56 Å². The van der Waals surface area contributed by atoms with E-state index >= 15 is 0 Å². The number of hydrogen-bond acceptors (Lipinski definition) is 6. The van der Waals surface area contributed by atoms with Gasteiger partial charge in [0.05, 0.1) is 28.2 Å². The number of halogens is 2. The van der Waals surface area contributed by atoms with Gasteiger partial charge in [-0.05, 0) is 72.7 Å². The van der Waals surface area contributed by atoms with Crippen LogP contribution in [0.2, 0.25) is 10.0 Å². The quantitative estimate of drug-likeness (QED) is 0.222. The third-order valence-electron chi connectivity index (χ3n) is 6.61. The number of thiophene rings is 1. The number of fused-ring (bicyclic) bond motifs is 5. The molecule has 1 aliphatic rings. The van der Waals surface area contributed by atoms with Gasteiger partial charge in [0.2, 0.25) is 5.78 Å². The molecule has 6 nitrogen and oxygen atoms in total. The fourth-order valence-electron chi connectivity index (χ4n) is 4.74. The monoisotopic (exact) mass is 556 g/mol. The second kappa shape index (κ2) is 9.41. The Labute approximate surface area is 225 Å². The molecule has 0 unspecified atom stereocenters. The van der Waals surface area contributed by atoms with Crippen LogP contribution in [-0.2, 0) is 18.6 Å². The summed E-state index contributed by atoms with van der Waals surface area (Å²) in [6.45, 7) is 2.27. The highest BCUT2D eigenvalue weighted by Crippen LogP contribution is 2.38. The van der Waals surface area contributed by atoms with Crippen LogP contribution in [0.3, 0.4) is 0 Å². The molecule has 5 aromatic rings. The van der Waals surface area contributed by atoms with Crippen LogP contribution < -0.4 is 10.3 Å². The van der Waals surface area contributed by atoms with Crippen LogP contribution in [0.5, 0.6) is 5.75 Å². The van der Waals surface area contributed by atoms with Gasteiger partial charge in [-0.25, -0.2) is 8.97 Å². The second-order valence-corrected chi connectivity index (χ2v) is 11.9.